The molecule has 0 aliphatic heterocycles. The molecule has 2 rings (SSSR count). The van der Waals surface area contributed by atoms with Crippen LogP contribution in [-0.2, 0) is 4.79 Å². The van der Waals surface area contributed by atoms with E-state index in [0.717, 1.165) is 12.8 Å². The second-order valence-corrected chi connectivity index (χ2v) is 6.01. The number of halogens is 1. The standard InChI is InChI=1S/C15H21FN2O/c1-15(2)8-7-11(9-15)17-10-14(19)18-13-6-4-3-5-12(13)16/h3-6,11,17H,7-10H2,1-2H3,(H,18,19). The highest BCUT2D eigenvalue weighted by molar-refractivity contribution is 5.92. The fourth-order valence-corrected chi connectivity index (χ4v) is 2.60. The Morgan fingerprint density at radius 1 is 1.42 bits per heavy atom. The van der Waals surface area contributed by atoms with Crippen LogP contribution in [0.4, 0.5) is 10.1 Å². The molecule has 1 aromatic rings. The number of carbonyl (C=O) groups is 1. The first kappa shape index (κ1) is 14.0. The molecular formula is C15H21FN2O. The Labute approximate surface area is 113 Å². The largest absolute Gasteiger partial charge is 0.322 e. The number of carbonyl (C=O) groups excluding carboxylic acids is 1. The molecule has 0 saturated heterocycles. The summed E-state index contributed by atoms with van der Waals surface area (Å²) in [5.74, 6) is -0.604. The number of amides is 1. The van der Waals surface area contributed by atoms with Gasteiger partial charge in [0.05, 0.1) is 12.2 Å². The number of anilines is 1. The fourth-order valence-electron chi connectivity index (χ4n) is 2.60. The molecule has 1 aliphatic carbocycles. The first-order chi connectivity index (χ1) is 8.96. The van der Waals surface area contributed by atoms with Crippen LogP contribution in [0.3, 0.4) is 0 Å². The summed E-state index contributed by atoms with van der Waals surface area (Å²) in [7, 11) is 0. The van der Waals surface area contributed by atoms with E-state index >= 15 is 0 Å². The van der Waals surface area contributed by atoms with E-state index in [2.05, 4.69) is 24.5 Å². The molecule has 104 valence electrons. The molecule has 0 bridgehead atoms. The third kappa shape index (κ3) is 4.03. The number of rotatable bonds is 4. The van der Waals surface area contributed by atoms with E-state index in [4.69, 9.17) is 0 Å². The maximum atomic E-state index is 13.4. The minimum Gasteiger partial charge on any atom is -0.322 e. The van der Waals surface area contributed by atoms with Gasteiger partial charge in [0.1, 0.15) is 5.82 Å². The quantitative estimate of drug-likeness (QED) is 0.878. The van der Waals surface area contributed by atoms with Crippen LogP contribution in [0.5, 0.6) is 0 Å². The van der Waals surface area contributed by atoms with E-state index in [1.54, 1.807) is 18.2 Å². The molecule has 0 heterocycles. The van der Waals surface area contributed by atoms with Gasteiger partial charge in [0.25, 0.3) is 0 Å². The van der Waals surface area contributed by atoms with Crippen molar-refractivity contribution in [2.24, 2.45) is 5.41 Å². The SMILES string of the molecule is CC1(C)CCC(NCC(=O)Nc2ccccc2F)C1. The van der Waals surface area contributed by atoms with Gasteiger partial charge in [-0.05, 0) is 36.8 Å². The van der Waals surface area contributed by atoms with Gasteiger partial charge in [-0.3, -0.25) is 4.79 Å². The van der Waals surface area contributed by atoms with E-state index in [9.17, 15) is 9.18 Å². The molecule has 2 N–H and O–H groups in total. The van der Waals surface area contributed by atoms with Crippen LogP contribution < -0.4 is 10.6 Å². The predicted octanol–water partition coefficient (Wildman–Crippen LogP) is 2.93. The van der Waals surface area contributed by atoms with Gasteiger partial charge in [-0.1, -0.05) is 26.0 Å². The summed E-state index contributed by atoms with van der Waals surface area (Å²) in [6.07, 6.45) is 3.36. The Balaban J connectivity index is 1.78. The van der Waals surface area contributed by atoms with Gasteiger partial charge < -0.3 is 10.6 Å². The molecule has 4 heteroatoms. The van der Waals surface area contributed by atoms with E-state index in [1.165, 1.54) is 12.5 Å². The van der Waals surface area contributed by atoms with Crippen molar-refractivity contribution in [3.63, 3.8) is 0 Å². The average molecular weight is 264 g/mol. The summed E-state index contributed by atoms with van der Waals surface area (Å²) in [5.41, 5.74) is 0.598. The number of para-hydroxylation sites is 1. The topological polar surface area (TPSA) is 41.1 Å². The van der Waals surface area contributed by atoms with Gasteiger partial charge in [-0.15, -0.1) is 0 Å². The minimum absolute atomic E-state index is 0.199. The fraction of sp³-hybridized carbons (Fsp3) is 0.533. The van der Waals surface area contributed by atoms with E-state index in [1.807, 2.05) is 0 Å². The Morgan fingerprint density at radius 3 is 2.79 bits per heavy atom. The highest BCUT2D eigenvalue weighted by Gasteiger charge is 2.30. The molecule has 1 unspecified atom stereocenters. The zero-order chi connectivity index (χ0) is 13.9. The second kappa shape index (κ2) is 5.70. The molecule has 1 aromatic carbocycles. The minimum atomic E-state index is -0.405. The first-order valence-corrected chi connectivity index (χ1v) is 6.74. The molecule has 0 spiro atoms. The van der Waals surface area contributed by atoms with Gasteiger partial charge in [0.2, 0.25) is 5.91 Å². The van der Waals surface area contributed by atoms with Crippen molar-refractivity contribution in [1.82, 2.24) is 5.32 Å². The van der Waals surface area contributed by atoms with Crippen molar-refractivity contribution < 1.29 is 9.18 Å². The molecule has 0 aromatic heterocycles. The summed E-state index contributed by atoms with van der Waals surface area (Å²) in [5, 5.41) is 5.82. The lowest BCUT2D eigenvalue weighted by atomic mass is 9.92. The van der Waals surface area contributed by atoms with Crippen LogP contribution in [0.25, 0.3) is 0 Å². The number of hydrogen-bond acceptors (Lipinski definition) is 2. The maximum Gasteiger partial charge on any atom is 0.238 e. The number of hydrogen-bond donors (Lipinski definition) is 2. The van der Waals surface area contributed by atoms with Crippen molar-refractivity contribution >= 4 is 11.6 Å². The Hall–Kier alpha value is -1.42. The van der Waals surface area contributed by atoms with Crippen LogP contribution in [0.1, 0.15) is 33.1 Å². The summed E-state index contributed by atoms with van der Waals surface area (Å²) in [4.78, 5) is 11.7. The van der Waals surface area contributed by atoms with Crippen molar-refractivity contribution in [2.45, 2.75) is 39.2 Å². The van der Waals surface area contributed by atoms with Crippen molar-refractivity contribution in [3.8, 4) is 0 Å². The Morgan fingerprint density at radius 2 is 2.16 bits per heavy atom. The normalized spacial score (nSPS) is 21.3. The highest BCUT2D eigenvalue weighted by atomic mass is 19.1. The molecule has 0 radical (unpaired) electrons. The molecule has 1 aliphatic rings. The lowest BCUT2D eigenvalue weighted by Gasteiger charge is -2.17. The van der Waals surface area contributed by atoms with Crippen molar-refractivity contribution in [1.29, 1.82) is 0 Å². The molecule has 3 nitrogen and oxygen atoms in total. The summed E-state index contributed by atoms with van der Waals surface area (Å²) >= 11 is 0. The summed E-state index contributed by atoms with van der Waals surface area (Å²) < 4.78 is 13.4. The van der Waals surface area contributed by atoms with Gasteiger partial charge in [-0.2, -0.15) is 0 Å². The molecule has 1 atom stereocenters. The maximum absolute atomic E-state index is 13.4. The zero-order valence-electron chi connectivity index (χ0n) is 11.5. The van der Waals surface area contributed by atoms with Crippen LogP contribution in [0.2, 0.25) is 0 Å². The lowest BCUT2D eigenvalue weighted by molar-refractivity contribution is -0.115. The third-order valence-electron chi connectivity index (χ3n) is 3.67. The monoisotopic (exact) mass is 264 g/mol. The van der Waals surface area contributed by atoms with Gasteiger partial charge >= 0.3 is 0 Å². The van der Waals surface area contributed by atoms with E-state index in [-0.39, 0.29) is 18.1 Å². The third-order valence-corrected chi connectivity index (χ3v) is 3.67. The molecule has 1 saturated carbocycles. The highest BCUT2D eigenvalue weighted by Crippen LogP contribution is 2.36. The van der Waals surface area contributed by atoms with Crippen molar-refractivity contribution in [3.05, 3.63) is 30.1 Å². The van der Waals surface area contributed by atoms with Gasteiger partial charge in [0.15, 0.2) is 0 Å². The predicted molar refractivity (Wildman–Crippen MR) is 74.5 cm³/mol. The van der Waals surface area contributed by atoms with Crippen LogP contribution in [0.15, 0.2) is 24.3 Å². The Bertz CT molecular complexity index is 459. The van der Waals surface area contributed by atoms with Crippen LogP contribution in [0, 0.1) is 11.2 Å². The van der Waals surface area contributed by atoms with Gasteiger partial charge in [-0.25, -0.2) is 4.39 Å². The first-order valence-electron chi connectivity index (χ1n) is 6.74. The van der Waals surface area contributed by atoms with Crippen LogP contribution >= 0.6 is 0 Å². The van der Waals surface area contributed by atoms with E-state index in [0.29, 0.717) is 11.5 Å². The van der Waals surface area contributed by atoms with Crippen LogP contribution in [-0.4, -0.2) is 18.5 Å². The van der Waals surface area contributed by atoms with Crippen molar-refractivity contribution in [2.75, 3.05) is 11.9 Å². The smallest absolute Gasteiger partial charge is 0.238 e. The molecular weight excluding hydrogens is 243 g/mol. The number of nitrogens with one attached hydrogen (secondary N) is 2. The zero-order valence-corrected chi connectivity index (χ0v) is 11.5. The summed E-state index contributed by atoms with van der Waals surface area (Å²) in [6.45, 7) is 4.72. The summed E-state index contributed by atoms with van der Waals surface area (Å²) in [6, 6.07) is 6.59. The second-order valence-electron chi connectivity index (χ2n) is 6.01. The van der Waals surface area contributed by atoms with E-state index < -0.39 is 5.82 Å². The lowest BCUT2D eigenvalue weighted by Crippen LogP contribution is -2.35. The van der Waals surface area contributed by atoms with Gasteiger partial charge in [0, 0.05) is 6.04 Å². The molecule has 1 amide bonds. The number of benzene rings is 1. The molecule has 1 fully saturated rings. The Kier molecular flexibility index (Phi) is 4.20. The molecule has 19 heavy (non-hydrogen) atoms. The average Bonchev–Trinajstić information content (AvgIpc) is 2.69.